The number of para-hydroxylation sites is 1. The van der Waals surface area contributed by atoms with Crippen molar-refractivity contribution < 1.29 is 14.3 Å². The summed E-state index contributed by atoms with van der Waals surface area (Å²) in [5.74, 6) is -0.113. The molecule has 0 saturated carbocycles. The third kappa shape index (κ3) is 3.50. The van der Waals surface area contributed by atoms with Gasteiger partial charge in [-0.3, -0.25) is 9.59 Å². The van der Waals surface area contributed by atoms with E-state index < -0.39 is 6.04 Å². The van der Waals surface area contributed by atoms with Gasteiger partial charge in [0.25, 0.3) is 5.91 Å². The van der Waals surface area contributed by atoms with Gasteiger partial charge in [-0.2, -0.15) is 0 Å². The van der Waals surface area contributed by atoms with Crippen LogP contribution in [0.1, 0.15) is 23.6 Å². The number of halogens is 2. The fraction of sp³-hybridized carbons (Fsp3) is 0.263. The van der Waals surface area contributed by atoms with Crippen molar-refractivity contribution in [2.45, 2.75) is 19.4 Å². The van der Waals surface area contributed by atoms with E-state index in [0.717, 1.165) is 5.56 Å². The summed E-state index contributed by atoms with van der Waals surface area (Å²) >= 11 is 12.4. The first-order valence-electron chi connectivity index (χ1n) is 8.11. The minimum absolute atomic E-state index is 0.104. The van der Waals surface area contributed by atoms with Crippen LogP contribution in [0.4, 0.5) is 5.69 Å². The van der Waals surface area contributed by atoms with E-state index in [4.69, 9.17) is 27.9 Å². The summed E-state index contributed by atoms with van der Waals surface area (Å²) < 4.78 is 5.38. The monoisotopic (exact) mass is 392 g/mol. The third-order valence-electron chi connectivity index (χ3n) is 4.39. The molecule has 2 aromatic carbocycles. The minimum atomic E-state index is -0.873. The molecule has 2 aromatic rings. The average molecular weight is 393 g/mol. The number of aryl methyl sites for hydroxylation is 1. The minimum Gasteiger partial charge on any atom is -0.495 e. The first-order valence-corrected chi connectivity index (χ1v) is 8.87. The van der Waals surface area contributed by atoms with E-state index >= 15 is 0 Å². The Morgan fingerprint density at radius 2 is 2.00 bits per heavy atom. The molecule has 0 unspecified atom stereocenters. The molecule has 2 amide bonds. The highest BCUT2D eigenvalue weighted by Gasteiger charge is 2.39. The smallest absolute Gasteiger partial charge is 0.251 e. The number of carbonyl (C=O) groups is 2. The van der Waals surface area contributed by atoms with Crippen LogP contribution in [0.3, 0.4) is 0 Å². The number of amides is 2. The van der Waals surface area contributed by atoms with Gasteiger partial charge in [-0.05, 0) is 30.7 Å². The van der Waals surface area contributed by atoms with Crippen molar-refractivity contribution in [1.29, 1.82) is 0 Å². The van der Waals surface area contributed by atoms with Crippen LogP contribution in [-0.4, -0.2) is 30.4 Å². The second-order valence-corrected chi connectivity index (χ2v) is 6.90. The highest BCUT2D eigenvalue weighted by atomic mass is 35.5. The number of rotatable bonds is 5. The fourth-order valence-electron chi connectivity index (χ4n) is 2.97. The fourth-order valence-corrected chi connectivity index (χ4v) is 3.56. The number of carbonyl (C=O) groups excluding carboxylic acids is 2. The first kappa shape index (κ1) is 18.5. The lowest BCUT2D eigenvalue weighted by molar-refractivity contribution is -0.147. The maximum absolute atomic E-state index is 13.1. The van der Waals surface area contributed by atoms with Crippen LogP contribution in [0, 0.1) is 6.92 Å². The number of anilines is 1. The summed E-state index contributed by atoms with van der Waals surface area (Å²) in [5, 5.41) is 3.55. The van der Waals surface area contributed by atoms with Crippen LogP contribution >= 0.6 is 23.2 Å². The molecule has 1 atom stereocenters. The Labute approximate surface area is 161 Å². The van der Waals surface area contributed by atoms with E-state index in [9.17, 15) is 9.59 Å². The standard InChI is InChI=1S/C19H18Cl2N2O3/c1-11-5-3-4-6-15(11)22-19(25)17(23-8-7-16(23)24)13-9-12(20)10-14(21)18(13)26-2/h3-6,9-10,17H,7-8H2,1-2H3,(H,22,25)/t17-/m1/s1. The topological polar surface area (TPSA) is 58.6 Å². The molecule has 1 fully saturated rings. The molecule has 1 aliphatic rings. The number of β-lactam (4-membered cyclic amide) rings is 1. The third-order valence-corrected chi connectivity index (χ3v) is 4.88. The number of nitrogens with one attached hydrogen (secondary N) is 1. The number of likely N-dealkylation sites (tertiary alicyclic amines) is 1. The van der Waals surface area contributed by atoms with E-state index in [2.05, 4.69) is 5.32 Å². The van der Waals surface area contributed by atoms with Gasteiger partial charge in [0.05, 0.1) is 12.1 Å². The molecule has 1 saturated heterocycles. The van der Waals surface area contributed by atoms with Gasteiger partial charge in [0.15, 0.2) is 0 Å². The van der Waals surface area contributed by atoms with Crippen LogP contribution in [0.2, 0.25) is 10.0 Å². The van der Waals surface area contributed by atoms with Crippen molar-refractivity contribution in [1.82, 2.24) is 4.90 Å². The zero-order valence-electron chi connectivity index (χ0n) is 14.4. The van der Waals surface area contributed by atoms with Crippen LogP contribution < -0.4 is 10.1 Å². The number of hydrogen-bond acceptors (Lipinski definition) is 3. The predicted molar refractivity (Wildman–Crippen MR) is 102 cm³/mol. The molecule has 3 rings (SSSR count). The normalized spacial score (nSPS) is 14.6. The quantitative estimate of drug-likeness (QED) is 0.774. The molecule has 26 heavy (non-hydrogen) atoms. The Bertz CT molecular complexity index is 870. The van der Waals surface area contributed by atoms with Crippen molar-refractivity contribution >= 4 is 40.7 Å². The molecule has 0 aliphatic carbocycles. The van der Waals surface area contributed by atoms with E-state index in [1.54, 1.807) is 12.1 Å². The summed E-state index contributed by atoms with van der Waals surface area (Å²) in [6.45, 7) is 2.38. The van der Waals surface area contributed by atoms with Gasteiger partial charge >= 0.3 is 0 Å². The van der Waals surface area contributed by atoms with E-state index in [1.165, 1.54) is 12.0 Å². The lowest BCUT2D eigenvalue weighted by atomic mass is 9.98. The summed E-state index contributed by atoms with van der Waals surface area (Å²) in [6.07, 6.45) is 0.407. The molecule has 0 aromatic heterocycles. The first-order chi connectivity index (χ1) is 12.4. The average Bonchev–Trinajstić information content (AvgIpc) is 2.59. The predicted octanol–water partition coefficient (Wildman–Crippen LogP) is 4.22. The zero-order chi connectivity index (χ0) is 18.8. The van der Waals surface area contributed by atoms with Crippen LogP contribution in [0.25, 0.3) is 0 Å². The van der Waals surface area contributed by atoms with Gasteiger partial charge in [-0.25, -0.2) is 0 Å². The number of ether oxygens (including phenoxy) is 1. The second-order valence-electron chi connectivity index (χ2n) is 6.05. The number of methoxy groups -OCH3 is 1. The van der Waals surface area contributed by atoms with Gasteiger partial charge in [-0.15, -0.1) is 0 Å². The second kappa shape index (κ2) is 7.56. The summed E-state index contributed by atoms with van der Waals surface area (Å²) in [4.78, 5) is 26.7. The lowest BCUT2D eigenvalue weighted by Crippen LogP contribution is -2.49. The van der Waals surface area contributed by atoms with E-state index in [0.29, 0.717) is 35.0 Å². The van der Waals surface area contributed by atoms with Gasteiger partial charge in [-0.1, -0.05) is 41.4 Å². The summed E-state index contributed by atoms with van der Waals surface area (Å²) in [6, 6.07) is 9.71. The van der Waals surface area contributed by atoms with Crippen LogP contribution in [-0.2, 0) is 9.59 Å². The van der Waals surface area contributed by atoms with Gasteiger partial charge in [0.2, 0.25) is 5.91 Å². The Kier molecular flexibility index (Phi) is 5.39. The van der Waals surface area contributed by atoms with Crippen molar-refractivity contribution in [3.63, 3.8) is 0 Å². The highest BCUT2D eigenvalue weighted by Crippen LogP contribution is 2.40. The van der Waals surface area contributed by atoms with E-state index in [-0.39, 0.29) is 16.8 Å². The lowest BCUT2D eigenvalue weighted by Gasteiger charge is -2.38. The number of hydrogen-bond donors (Lipinski definition) is 1. The number of benzene rings is 2. The van der Waals surface area contributed by atoms with Gasteiger partial charge in [0, 0.05) is 29.2 Å². The largest absolute Gasteiger partial charge is 0.495 e. The Morgan fingerprint density at radius 1 is 1.27 bits per heavy atom. The summed E-state index contributed by atoms with van der Waals surface area (Å²) in [5.41, 5.74) is 2.07. The van der Waals surface area contributed by atoms with Crippen molar-refractivity contribution in [2.75, 3.05) is 19.0 Å². The molecular weight excluding hydrogens is 375 g/mol. The maximum Gasteiger partial charge on any atom is 0.251 e. The molecule has 1 heterocycles. The molecule has 1 aliphatic heterocycles. The molecule has 5 nitrogen and oxygen atoms in total. The van der Waals surface area contributed by atoms with Gasteiger partial charge in [0.1, 0.15) is 11.8 Å². The molecular formula is C19H18Cl2N2O3. The SMILES string of the molecule is COc1c(Cl)cc(Cl)cc1[C@H](C(=O)Nc1ccccc1C)N1CCC1=O. The Morgan fingerprint density at radius 3 is 2.58 bits per heavy atom. The maximum atomic E-state index is 13.1. The van der Waals surface area contributed by atoms with Crippen LogP contribution in [0.5, 0.6) is 5.75 Å². The highest BCUT2D eigenvalue weighted by molar-refractivity contribution is 6.35. The van der Waals surface area contributed by atoms with Gasteiger partial charge < -0.3 is 15.0 Å². The van der Waals surface area contributed by atoms with Crippen LogP contribution in [0.15, 0.2) is 36.4 Å². The summed E-state index contributed by atoms with van der Waals surface area (Å²) in [7, 11) is 1.47. The molecule has 0 bridgehead atoms. The Hall–Kier alpha value is -2.24. The van der Waals surface area contributed by atoms with Crippen molar-refractivity contribution in [3.8, 4) is 5.75 Å². The molecule has 0 radical (unpaired) electrons. The van der Waals surface area contributed by atoms with Crippen molar-refractivity contribution in [2.24, 2.45) is 0 Å². The molecule has 1 N–H and O–H groups in total. The Balaban J connectivity index is 2.03. The van der Waals surface area contributed by atoms with Crippen molar-refractivity contribution in [3.05, 3.63) is 57.6 Å². The molecule has 136 valence electrons. The molecule has 7 heteroatoms. The zero-order valence-corrected chi connectivity index (χ0v) is 15.9. The van der Waals surface area contributed by atoms with E-state index in [1.807, 2.05) is 31.2 Å². The molecule has 0 spiro atoms. The number of nitrogens with zero attached hydrogens (tertiary/aromatic N) is 1.